The fraction of sp³-hybridized carbons (Fsp3) is 0.500. The van der Waals surface area contributed by atoms with Crippen molar-refractivity contribution in [2.24, 2.45) is 0 Å². The Balaban J connectivity index is 2.41. The van der Waals surface area contributed by atoms with Crippen molar-refractivity contribution in [3.63, 3.8) is 0 Å². The SMILES string of the molecule is O=C(O)C1(c2cc(Br)co2)CCCC1. The minimum absolute atomic E-state index is 0.578. The van der Waals surface area contributed by atoms with Crippen molar-refractivity contribution in [2.45, 2.75) is 31.1 Å². The Morgan fingerprint density at radius 2 is 2.14 bits per heavy atom. The van der Waals surface area contributed by atoms with Crippen LogP contribution in [0.5, 0.6) is 0 Å². The van der Waals surface area contributed by atoms with E-state index in [1.54, 1.807) is 12.3 Å². The summed E-state index contributed by atoms with van der Waals surface area (Å²) in [4.78, 5) is 11.3. The van der Waals surface area contributed by atoms with Gasteiger partial charge in [0.05, 0.1) is 4.47 Å². The zero-order valence-electron chi connectivity index (χ0n) is 7.62. The van der Waals surface area contributed by atoms with Gasteiger partial charge in [-0.15, -0.1) is 0 Å². The van der Waals surface area contributed by atoms with Gasteiger partial charge in [-0.05, 0) is 34.8 Å². The van der Waals surface area contributed by atoms with Gasteiger partial charge in [-0.3, -0.25) is 4.79 Å². The van der Waals surface area contributed by atoms with Crippen LogP contribution in [0.25, 0.3) is 0 Å². The monoisotopic (exact) mass is 258 g/mol. The second-order valence-corrected chi connectivity index (χ2v) is 4.64. The quantitative estimate of drug-likeness (QED) is 0.888. The number of carboxylic acids is 1. The van der Waals surface area contributed by atoms with Gasteiger partial charge in [0.1, 0.15) is 17.4 Å². The Hall–Kier alpha value is -0.770. The van der Waals surface area contributed by atoms with Crippen molar-refractivity contribution in [1.29, 1.82) is 0 Å². The molecule has 1 saturated carbocycles. The van der Waals surface area contributed by atoms with Gasteiger partial charge in [-0.1, -0.05) is 12.8 Å². The first kappa shape index (κ1) is 9.77. The molecule has 1 aromatic heterocycles. The van der Waals surface area contributed by atoms with Gasteiger partial charge in [0.25, 0.3) is 0 Å². The number of hydrogen-bond donors (Lipinski definition) is 1. The van der Waals surface area contributed by atoms with Gasteiger partial charge >= 0.3 is 5.97 Å². The summed E-state index contributed by atoms with van der Waals surface area (Å²) in [5.74, 6) is -0.189. The van der Waals surface area contributed by atoms with E-state index in [-0.39, 0.29) is 0 Å². The molecule has 0 aromatic carbocycles. The Morgan fingerprint density at radius 3 is 2.57 bits per heavy atom. The molecule has 4 heteroatoms. The van der Waals surface area contributed by atoms with E-state index in [1.807, 2.05) is 0 Å². The van der Waals surface area contributed by atoms with Crippen LogP contribution in [0.2, 0.25) is 0 Å². The largest absolute Gasteiger partial charge is 0.480 e. The fourth-order valence-corrected chi connectivity index (χ4v) is 2.41. The van der Waals surface area contributed by atoms with E-state index in [4.69, 9.17) is 4.42 Å². The lowest BCUT2D eigenvalue weighted by Gasteiger charge is -2.20. The third-order valence-corrected chi connectivity index (χ3v) is 3.32. The second-order valence-electron chi connectivity index (χ2n) is 3.72. The van der Waals surface area contributed by atoms with E-state index in [0.29, 0.717) is 18.6 Å². The normalized spacial score (nSPS) is 19.8. The smallest absolute Gasteiger partial charge is 0.317 e. The molecule has 1 aromatic rings. The van der Waals surface area contributed by atoms with E-state index in [0.717, 1.165) is 17.3 Å². The molecule has 14 heavy (non-hydrogen) atoms. The zero-order chi connectivity index (χ0) is 10.2. The lowest BCUT2D eigenvalue weighted by molar-refractivity contribution is -0.144. The molecule has 1 aliphatic carbocycles. The van der Waals surface area contributed by atoms with Crippen LogP contribution in [0.4, 0.5) is 0 Å². The maximum absolute atomic E-state index is 11.3. The highest BCUT2D eigenvalue weighted by Crippen LogP contribution is 2.42. The number of rotatable bonds is 2. The first-order valence-corrected chi connectivity index (χ1v) is 5.42. The van der Waals surface area contributed by atoms with Crippen LogP contribution in [-0.4, -0.2) is 11.1 Å². The molecule has 1 heterocycles. The summed E-state index contributed by atoms with van der Waals surface area (Å²) in [6, 6.07) is 1.76. The van der Waals surface area contributed by atoms with Gasteiger partial charge in [0.15, 0.2) is 0 Å². The number of carboxylic acid groups (broad SMARTS) is 1. The summed E-state index contributed by atoms with van der Waals surface area (Å²) in [6.45, 7) is 0. The molecule has 0 radical (unpaired) electrons. The molecule has 1 aliphatic rings. The predicted octanol–water partition coefficient (Wildman–Crippen LogP) is 2.94. The number of furan rings is 1. The first-order chi connectivity index (χ1) is 6.65. The molecule has 1 fully saturated rings. The maximum atomic E-state index is 11.3. The maximum Gasteiger partial charge on any atom is 0.317 e. The van der Waals surface area contributed by atoms with Crippen LogP contribution >= 0.6 is 15.9 Å². The number of aliphatic carboxylic acids is 1. The summed E-state index contributed by atoms with van der Waals surface area (Å²) in [5.41, 5.74) is -0.772. The number of hydrogen-bond acceptors (Lipinski definition) is 2. The summed E-state index contributed by atoms with van der Waals surface area (Å²) < 4.78 is 6.09. The van der Waals surface area contributed by atoms with Gasteiger partial charge in [0, 0.05) is 0 Å². The zero-order valence-corrected chi connectivity index (χ0v) is 9.21. The number of carbonyl (C=O) groups is 1. The molecule has 3 nitrogen and oxygen atoms in total. The van der Waals surface area contributed by atoms with Crippen molar-refractivity contribution >= 4 is 21.9 Å². The third-order valence-electron chi connectivity index (χ3n) is 2.91. The van der Waals surface area contributed by atoms with Crippen molar-refractivity contribution in [1.82, 2.24) is 0 Å². The van der Waals surface area contributed by atoms with Crippen LogP contribution in [0.1, 0.15) is 31.4 Å². The Morgan fingerprint density at radius 1 is 1.50 bits per heavy atom. The highest BCUT2D eigenvalue weighted by atomic mass is 79.9. The Bertz CT molecular complexity index is 350. The first-order valence-electron chi connectivity index (χ1n) is 4.63. The van der Waals surface area contributed by atoms with Crippen LogP contribution in [0, 0.1) is 0 Å². The molecule has 0 aliphatic heterocycles. The second kappa shape index (κ2) is 3.42. The van der Waals surface area contributed by atoms with Crippen molar-refractivity contribution in [3.8, 4) is 0 Å². The van der Waals surface area contributed by atoms with E-state index in [9.17, 15) is 9.90 Å². The van der Waals surface area contributed by atoms with E-state index in [1.165, 1.54) is 0 Å². The molecule has 0 spiro atoms. The highest BCUT2D eigenvalue weighted by Gasteiger charge is 2.45. The van der Waals surface area contributed by atoms with E-state index in [2.05, 4.69) is 15.9 Å². The lowest BCUT2D eigenvalue weighted by atomic mass is 9.84. The van der Waals surface area contributed by atoms with Crippen LogP contribution < -0.4 is 0 Å². The van der Waals surface area contributed by atoms with Crippen LogP contribution in [-0.2, 0) is 10.2 Å². The van der Waals surface area contributed by atoms with Gasteiger partial charge < -0.3 is 9.52 Å². The number of halogens is 1. The minimum Gasteiger partial charge on any atom is -0.480 e. The summed E-state index contributed by atoms with van der Waals surface area (Å²) in [6.07, 6.45) is 4.83. The van der Waals surface area contributed by atoms with Gasteiger partial charge in [-0.25, -0.2) is 0 Å². The molecule has 0 saturated heterocycles. The van der Waals surface area contributed by atoms with Crippen molar-refractivity contribution < 1.29 is 14.3 Å². The molecule has 76 valence electrons. The molecular weight excluding hydrogens is 248 g/mol. The van der Waals surface area contributed by atoms with Gasteiger partial charge in [-0.2, -0.15) is 0 Å². The molecule has 0 amide bonds. The molecule has 0 unspecified atom stereocenters. The van der Waals surface area contributed by atoms with E-state index < -0.39 is 11.4 Å². The van der Waals surface area contributed by atoms with Gasteiger partial charge in [0.2, 0.25) is 0 Å². The molecule has 0 bridgehead atoms. The highest BCUT2D eigenvalue weighted by molar-refractivity contribution is 9.10. The molecule has 1 N–H and O–H groups in total. The van der Waals surface area contributed by atoms with Crippen LogP contribution in [0.3, 0.4) is 0 Å². The summed E-state index contributed by atoms with van der Waals surface area (Å²) in [5, 5.41) is 9.25. The molecule has 0 atom stereocenters. The molecular formula is C10H11BrO3. The van der Waals surface area contributed by atoms with Crippen LogP contribution in [0.15, 0.2) is 21.2 Å². The standard InChI is InChI=1S/C10H11BrO3/c11-7-5-8(14-6-7)10(9(12)13)3-1-2-4-10/h5-6H,1-4H2,(H,12,13). The topological polar surface area (TPSA) is 50.4 Å². The molecule has 2 rings (SSSR count). The predicted molar refractivity (Wildman–Crippen MR) is 54.2 cm³/mol. The fourth-order valence-electron chi connectivity index (χ4n) is 2.11. The van der Waals surface area contributed by atoms with Crippen molar-refractivity contribution in [3.05, 3.63) is 22.6 Å². The average molecular weight is 259 g/mol. The van der Waals surface area contributed by atoms with E-state index >= 15 is 0 Å². The summed E-state index contributed by atoms with van der Waals surface area (Å²) in [7, 11) is 0. The third kappa shape index (κ3) is 1.38. The average Bonchev–Trinajstić information content (AvgIpc) is 2.71. The van der Waals surface area contributed by atoms with Crippen molar-refractivity contribution in [2.75, 3.05) is 0 Å². The minimum atomic E-state index is -0.772. The Kier molecular flexibility index (Phi) is 2.39. The Labute approximate surface area is 90.2 Å². The lowest BCUT2D eigenvalue weighted by Crippen LogP contribution is -2.31. The summed E-state index contributed by atoms with van der Waals surface area (Å²) >= 11 is 3.27.